The molecule has 2 aromatic rings. The summed E-state index contributed by atoms with van der Waals surface area (Å²) in [5, 5.41) is 6.26. The fourth-order valence-corrected chi connectivity index (χ4v) is 4.55. The van der Waals surface area contributed by atoms with E-state index >= 15 is 0 Å². The monoisotopic (exact) mass is 358 g/mol. The molecule has 0 saturated heterocycles. The summed E-state index contributed by atoms with van der Waals surface area (Å²) in [4.78, 5) is 26.2. The molecule has 132 valence electrons. The predicted molar refractivity (Wildman–Crippen MR) is 99.8 cm³/mol. The van der Waals surface area contributed by atoms with Gasteiger partial charge in [-0.25, -0.2) is 0 Å². The van der Waals surface area contributed by atoms with Crippen molar-refractivity contribution in [3.8, 4) is 5.75 Å². The van der Waals surface area contributed by atoms with Crippen LogP contribution in [0.4, 0.5) is 5.00 Å². The van der Waals surface area contributed by atoms with Gasteiger partial charge in [0.15, 0.2) is 0 Å². The van der Waals surface area contributed by atoms with Crippen molar-refractivity contribution in [3.63, 3.8) is 0 Å². The van der Waals surface area contributed by atoms with Crippen molar-refractivity contribution in [2.75, 3.05) is 19.5 Å². The van der Waals surface area contributed by atoms with Gasteiger partial charge in [-0.05, 0) is 48.9 Å². The van der Waals surface area contributed by atoms with Gasteiger partial charge in [-0.15, -0.1) is 11.3 Å². The van der Waals surface area contributed by atoms with Crippen LogP contribution in [0.1, 0.15) is 44.5 Å². The molecule has 1 heterocycles. The van der Waals surface area contributed by atoms with Gasteiger partial charge < -0.3 is 15.4 Å². The van der Waals surface area contributed by atoms with E-state index in [4.69, 9.17) is 4.74 Å². The van der Waals surface area contributed by atoms with Crippen LogP contribution in [0.2, 0.25) is 0 Å². The van der Waals surface area contributed by atoms with Gasteiger partial charge in [0.1, 0.15) is 10.8 Å². The summed E-state index contributed by atoms with van der Waals surface area (Å²) in [6.07, 6.45) is 2.90. The van der Waals surface area contributed by atoms with Crippen LogP contribution in [0.3, 0.4) is 0 Å². The Morgan fingerprint density at radius 1 is 1.28 bits per heavy atom. The van der Waals surface area contributed by atoms with E-state index in [1.165, 1.54) is 16.2 Å². The molecule has 6 heteroatoms. The van der Waals surface area contributed by atoms with E-state index in [1.807, 2.05) is 0 Å². The number of ether oxygens (including phenoxy) is 1. The maximum Gasteiger partial charge on any atom is 0.256 e. The Hall–Kier alpha value is -2.34. The van der Waals surface area contributed by atoms with Gasteiger partial charge in [0.25, 0.3) is 11.8 Å². The van der Waals surface area contributed by atoms with E-state index in [0.29, 0.717) is 27.8 Å². The number of benzene rings is 1. The highest BCUT2D eigenvalue weighted by atomic mass is 32.1. The molecule has 2 N–H and O–H groups in total. The van der Waals surface area contributed by atoms with Crippen molar-refractivity contribution < 1.29 is 14.3 Å². The van der Waals surface area contributed by atoms with E-state index in [9.17, 15) is 9.59 Å². The van der Waals surface area contributed by atoms with Crippen molar-refractivity contribution in [1.82, 2.24) is 5.32 Å². The molecule has 5 nitrogen and oxygen atoms in total. The minimum Gasteiger partial charge on any atom is -0.497 e. The molecule has 25 heavy (non-hydrogen) atoms. The first-order valence-corrected chi connectivity index (χ1v) is 9.17. The lowest BCUT2D eigenvalue weighted by molar-refractivity contribution is 0.0963. The molecule has 1 unspecified atom stereocenters. The highest BCUT2D eigenvalue weighted by Gasteiger charge is 2.28. The Balaban J connectivity index is 1.93. The summed E-state index contributed by atoms with van der Waals surface area (Å²) in [7, 11) is 3.18. The Bertz CT molecular complexity index is 813. The van der Waals surface area contributed by atoms with Crippen LogP contribution in [-0.2, 0) is 12.8 Å². The SMILES string of the molecule is CNC(=O)c1c(NC(=O)c2cccc(OC)c2)sc2c1CCC(C)C2. The zero-order valence-corrected chi connectivity index (χ0v) is 15.5. The van der Waals surface area contributed by atoms with Gasteiger partial charge in [0.05, 0.1) is 12.7 Å². The van der Waals surface area contributed by atoms with Crippen LogP contribution >= 0.6 is 11.3 Å². The normalized spacial score (nSPS) is 16.0. The van der Waals surface area contributed by atoms with Gasteiger partial charge in [0.2, 0.25) is 0 Å². The number of hydrogen-bond acceptors (Lipinski definition) is 4. The first-order valence-electron chi connectivity index (χ1n) is 8.35. The second-order valence-corrected chi connectivity index (χ2v) is 7.43. The fourth-order valence-electron chi connectivity index (χ4n) is 3.14. The molecule has 0 spiro atoms. The maximum atomic E-state index is 12.6. The van der Waals surface area contributed by atoms with Crippen LogP contribution in [0.5, 0.6) is 5.75 Å². The third-order valence-electron chi connectivity index (χ3n) is 4.52. The van der Waals surface area contributed by atoms with Crippen LogP contribution < -0.4 is 15.4 Å². The van der Waals surface area contributed by atoms with E-state index in [0.717, 1.165) is 24.8 Å². The molecule has 1 aromatic heterocycles. The smallest absolute Gasteiger partial charge is 0.256 e. The van der Waals surface area contributed by atoms with Crippen molar-refractivity contribution >= 4 is 28.2 Å². The third kappa shape index (κ3) is 3.54. The Labute approximate surface area is 151 Å². The Morgan fingerprint density at radius 2 is 2.08 bits per heavy atom. The summed E-state index contributed by atoms with van der Waals surface area (Å²) < 4.78 is 5.17. The van der Waals surface area contributed by atoms with E-state index in [1.54, 1.807) is 38.4 Å². The average Bonchev–Trinajstić information content (AvgIpc) is 2.97. The first-order chi connectivity index (χ1) is 12.0. The average molecular weight is 358 g/mol. The summed E-state index contributed by atoms with van der Waals surface area (Å²) in [5.74, 6) is 0.841. The predicted octanol–water partition coefficient (Wildman–Crippen LogP) is 3.49. The number of carbonyl (C=O) groups excluding carboxylic acids is 2. The number of methoxy groups -OCH3 is 1. The summed E-state index contributed by atoms with van der Waals surface area (Å²) in [5.41, 5.74) is 2.20. The minimum absolute atomic E-state index is 0.145. The molecule has 3 rings (SSSR count). The lowest BCUT2D eigenvalue weighted by atomic mass is 9.88. The molecule has 1 atom stereocenters. The molecule has 0 bridgehead atoms. The summed E-state index contributed by atoms with van der Waals surface area (Å²) in [6, 6.07) is 6.98. The Morgan fingerprint density at radius 3 is 2.80 bits per heavy atom. The van der Waals surface area contributed by atoms with Crippen LogP contribution in [-0.4, -0.2) is 26.0 Å². The number of amides is 2. The van der Waals surface area contributed by atoms with E-state index in [2.05, 4.69) is 17.6 Å². The lowest BCUT2D eigenvalue weighted by Gasteiger charge is -2.18. The number of anilines is 1. The Kier molecular flexibility index (Phi) is 5.08. The molecular weight excluding hydrogens is 336 g/mol. The lowest BCUT2D eigenvalue weighted by Crippen LogP contribution is -2.22. The zero-order chi connectivity index (χ0) is 18.0. The first kappa shape index (κ1) is 17.5. The van der Waals surface area contributed by atoms with Crippen LogP contribution in [0.25, 0.3) is 0 Å². The van der Waals surface area contributed by atoms with Gasteiger partial charge in [0, 0.05) is 17.5 Å². The van der Waals surface area contributed by atoms with E-state index in [-0.39, 0.29) is 11.8 Å². The second kappa shape index (κ2) is 7.27. The van der Waals surface area contributed by atoms with Gasteiger partial charge in [-0.2, -0.15) is 0 Å². The van der Waals surface area contributed by atoms with Crippen molar-refractivity contribution in [2.45, 2.75) is 26.2 Å². The van der Waals surface area contributed by atoms with Crippen LogP contribution in [0.15, 0.2) is 24.3 Å². The molecule has 1 aliphatic carbocycles. The highest BCUT2D eigenvalue weighted by Crippen LogP contribution is 2.39. The quantitative estimate of drug-likeness (QED) is 0.879. The summed E-state index contributed by atoms with van der Waals surface area (Å²) >= 11 is 1.52. The zero-order valence-electron chi connectivity index (χ0n) is 14.6. The molecule has 0 fully saturated rings. The second-order valence-electron chi connectivity index (χ2n) is 6.32. The van der Waals surface area contributed by atoms with Gasteiger partial charge in [-0.3, -0.25) is 9.59 Å². The van der Waals surface area contributed by atoms with Gasteiger partial charge in [-0.1, -0.05) is 13.0 Å². The summed E-state index contributed by atoms with van der Waals surface area (Å²) in [6.45, 7) is 2.22. The van der Waals surface area contributed by atoms with Gasteiger partial charge >= 0.3 is 0 Å². The number of hydrogen-bond donors (Lipinski definition) is 2. The number of fused-ring (bicyclic) bond motifs is 1. The number of carbonyl (C=O) groups is 2. The topological polar surface area (TPSA) is 67.4 Å². The fraction of sp³-hybridized carbons (Fsp3) is 0.368. The molecule has 0 saturated carbocycles. The molecular formula is C19H22N2O3S. The molecule has 0 aliphatic heterocycles. The largest absolute Gasteiger partial charge is 0.497 e. The minimum atomic E-state index is -0.240. The van der Waals surface area contributed by atoms with Crippen molar-refractivity contribution in [3.05, 3.63) is 45.8 Å². The highest BCUT2D eigenvalue weighted by molar-refractivity contribution is 7.17. The van der Waals surface area contributed by atoms with Crippen LogP contribution in [0, 0.1) is 5.92 Å². The van der Waals surface area contributed by atoms with Crippen molar-refractivity contribution in [1.29, 1.82) is 0 Å². The molecule has 0 radical (unpaired) electrons. The number of thiophene rings is 1. The maximum absolute atomic E-state index is 12.6. The number of nitrogens with one attached hydrogen (secondary N) is 2. The number of rotatable bonds is 4. The molecule has 1 aliphatic rings. The van der Waals surface area contributed by atoms with E-state index < -0.39 is 0 Å². The van der Waals surface area contributed by atoms with Crippen molar-refractivity contribution in [2.24, 2.45) is 5.92 Å². The molecule has 1 aromatic carbocycles. The standard InChI is InChI=1S/C19H22N2O3S/c1-11-7-8-14-15(9-11)25-19(16(14)18(23)20-2)21-17(22)12-5-4-6-13(10-12)24-3/h4-6,10-11H,7-9H2,1-3H3,(H,20,23)(H,21,22). The third-order valence-corrected chi connectivity index (χ3v) is 5.69. The molecule has 2 amide bonds.